The van der Waals surface area contributed by atoms with Crippen molar-refractivity contribution in [3.63, 3.8) is 0 Å². The number of hydrogen-bond donors (Lipinski definition) is 1. The molecule has 1 aliphatic rings. The zero-order chi connectivity index (χ0) is 11.7. The molecule has 3 heterocycles. The molecule has 5 heteroatoms. The smallest absolute Gasteiger partial charge is 0.160 e. The monoisotopic (exact) mass is 232 g/mol. The molecule has 0 aromatic carbocycles. The Bertz CT molecular complexity index is 518. The fourth-order valence-electron chi connectivity index (χ4n) is 2.04. The third-order valence-corrected chi connectivity index (χ3v) is 3.12. The minimum absolute atomic E-state index is 0.292. The summed E-state index contributed by atoms with van der Waals surface area (Å²) in [5.41, 5.74) is 1.18. The van der Waals surface area contributed by atoms with Crippen LogP contribution in [0.3, 0.4) is 0 Å². The minimum atomic E-state index is 0.292. The second-order valence-corrected chi connectivity index (χ2v) is 4.95. The summed E-state index contributed by atoms with van der Waals surface area (Å²) in [7, 11) is 0. The second kappa shape index (κ2) is 4.09. The van der Waals surface area contributed by atoms with E-state index in [1.807, 2.05) is 28.8 Å². The van der Waals surface area contributed by atoms with Crippen LogP contribution in [0.25, 0.3) is 5.65 Å². The zero-order valence-corrected chi connectivity index (χ0v) is 9.89. The normalized spacial score (nSPS) is 18.2. The topological polar surface area (TPSA) is 51.5 Å². The molecule has 0 saturated carbocycles. The average Bonchev–Trinajstić information content (AvgIpc) is 2.71. The molecule has 2 aromatic heterocycles. The van der Waals surface area contributed by atoms with Crippen molar-refractivity contribution in [3.05, 3.63) is 30.2 Å². The van der Waals surface area contributed by atoms with Crippen molar-refractivity contribution in [2.75, 3.05) is 19.8 Å². The highest BCUT2D eigenvalue weighted by Gasteiger charge is 2.32. The van der Waals surface area contributed by atoms with E-state index in [0.717, 1.165) is 37.8 Å². The Morgan fingerprint density at radius 1 is 1.41 bits per heavy atom. The summed E-state index contributed by atoms with van der Waals surface area (Å²) in [6, 6.07) is 5.91. The van der Waals surface area contributed by atoms with Gasteiger partial charge < -0.3 is 10.1 Å². The van der Waals surface area contributed by atoms with Crippen LogP contribution in [0, 0.1) is 5.41 Å². The van der Waals surface area contributed by atoms with Crippen LogP contribution in [-0.2, 0) is 11.3 Å². The van der Waals surface area contributed by atoms with Gasteiger partial charge in [-0.2, -0.15) is 0 Å². The maximum atomic E-state index is 5.22. The number of aromatic nitrogens is 3. The Labute approximate surface area is 99.8 Å². The Morgan fingerprint density at radius 2 is 2.29 bits per heavy atom. The van der Waals surface area contributed by atoms with Crippen LogP contribution >= 0.6 is 0 Å². The summed E-state index contributed by atoms with van der Waals surface area (Å²) in [6.07, 6.45) is 1.99. The molecular formula is C12H16N4O. The van der Waals surface area contributed by atoms with Gasteiger partial charge in [-0.1, -0.05) is 13.0 Å². The first-order chi connectivity index (χ1) is 8.27. The third kappa shape index (κ3) is 2.03. The Morgan fingerprint density at radius 3 is 3.06 bits per heavy atom. The number of ether oxygens (including phenoxy) is 1. The van der Waals surface area contributed by atoms with Crippen molar-refractivity contribution in [3.8, 4) is 0 Å². The summed E-state index contributed by atoms with van der Waals surface area (Å²) in [6.45, 7) is 5.61. The molecule has 0 atom stereocenters. The van der Waals surface area contributed by atoms with Gasteiger partial charge in [0.05, 0.1) is 19.8 Å². The van der Waals surface area contributed by atoms with E-state index in [1.165, 1.54) is 0 Å². The fourth-order valence-corrected chi connectivity index (χ4v) is 2.04. The summed E-state index contributed by atoms with van der Waals surface area (Å²) >= 11 is 0. The molecule has 1 N–H and O–H groups in total. The van der Waals surface area contributed by atoms with Gasteiger partial charge in [-0.05, 0) is 12.1 Å². The largest absolute Gasteiger partial charge is 0.380 e. The van der Waals surface area contributed by atoms with Crippen LogP contribution in [0.5, 0.6) is 0 Å². The lowest BCUT2D eigenvalue weighted by molar-refractivity contribution is -0.0992. The van der Waals surface area contributed by atoms with E-state index in [2.05, 4.69) is 22.4 Å². The fraction of sp³-hybridized carbons (Fsp3) is 0.500. The molecule has 0 aliphatic carbocycles. The highest BCUT2D eigenvalue weighted by Crippen LogP contribution is 2.25. The van der Waals surface area contributed by atoms with Crippen LogP contribution in [-0.4, -0.2) is 34.4 Å². The van der Waals surface area contributed by atoms with Gasteiger partial charge >= 0.3 is 0 Å². The van der Waals surface area contributed by atoms with Gasteiger partial charge in [0, 0.05) is 18.2 Å². The lowest BCUT2D eigenvalue weighted by atomic mass is 9.89. The van der Waals surface area contributed by atoms with Gasteiger partial charge in [-0.3, -0.25) is 4.40 Å². The molecule has 0 unspecified atom stereocenters. The first-order valence-electron chi connectivity index (χ1n) is 5.84. The number of rotatable bonds is 4. The molecule has 1 saturated heterocycles. The molecule has 17 heavy (non-hydrogen) atoms. The van der Waals surface area contributed by atoms with E-state index in [-0.39, 0.29) is 0 Å². The predicted octanol–water partition coefficient (Wildman–Crippen LogP) is 0.855. The summed E-state index contributed by atoms with van der Waals surface area (Å²) in [4.78, 5) is 0. The molecular weight excluding hydrogens is 216 g/mol. The van der Waals surface area contributed by atoms with Crippen LogP contribution < -0.4 is 5.32 Å². The first-order valence-corrected chi connectivity index (χ1v) is 5.84. The summed E-state index contributed by atoms with van der Waals surface area (Å²) in [5.74, 6) is 0.949. The zero-order valence-electron chi connectivity index (χ0n) is 9.89. The number of pyridine rings is 1. The van der Waals surface area contributed by atoms with E-state index in [1.54, 1.807) is 0 Å². The van der Waals surface area contributed by atoms with Crippen LogP contribution in [0.2, 0.25) is 0 Å². The van der Waals surface area contributed by atoms with Gasteiger partial charge in [0.25, 0.3) is 0 Å². The molecule has 5 nitrogen and oxygen atoms in total. The van der Waals surface area contributed by atoms with Crippen LogP contribution in [0.15, 0.2) is 24.4 Å². The first kappa shape index (κ1) is 10.7. The van der Waals surface area contributed by atoms with E-state index >= 15 is 0 Å². The summed E-state index contributed by atoms with van der Waals surface area (Å²) in [5, 5.41) is 11.7. The van der Waals surface area contributed by atoms with Crippen molar-refractivity contribution in [2.24, 2.45) is 5.41 Å². The quantitative estimate of drug-likeness (QED) is 0.849. The van der Waals surface area contributed by atoms with Crippen molar-refractivity contribution >= 4 is 5.65 Å². The molecule has 2 aromatic rings. The maximum Gasteiger partial charge on any atom is 0.160 e. The number of nitrogens with zero attached hydrogens (tertiary/aromatic N) is 3. The van der Waals surface area contributed by atoms with Gasteiger partial charge in [-0.25, -0.2) is 0 Å². The highest BCUT2D eigenvalue weighted by molar-refractivity contribution is 5.36. The van der Waals surface area contributed by atoms with Crippen molar-refractivity contribution < 1.29 is 4.74 Å². The molecule has 3 rings (SSSR count). The Kier molecular flexibility index (Phi) is 2.57. The maximum absolute atomic E-state index is 5.22. The Hall–Kier alpha value is -1.46. The van der Waals surface area contributed by atoms with Gasteiger partial charge in [0.2, 0.25) is 0 Å². The Balaban J connectivity index is 1.65. The van der Waals surface area contributed by atoms with Gasteiger partial charge in [0.15, 0.2) is 11.5 Å². The predicted molar refractivity (Wildman–Crippen MR) is 63.6 cm³/mol. The highest BCUT2D eigenvalue weighted by atomic mass is 16.5. The van der Waals surface area contributed by atoms with E-state index in [9.17, 15) is 0 Å². The summed E-state index contributed by atoms with van der Waals surface area (Å²) < 4.78 is 7.23. The molecule has 1 aliphatic heterocycles. The second-order valence-electron chi connectivity index (χ2n) is 4.95. The lowest BCUT2D eigenvalue weighted by Crippen LogP contribution is -2.47. The molecule has 1 fully saturated rings. The van der Waals surface area contributed by atoms with E-state index < -0.39 is 0 Å². The molecule has 0 bridgehead atoms. The van der Waals surface area contributed by atoms with Gasteiger partial charge in [0.1, 0.15) is 0 Å². The number of fused-ring (bicyclic) bond motifs is 1. The van der Waals surface area contributed by atoms with E-state index in [0.29, 0.717) is 5.41 Å². The van der Waals surface area contributed by atoms with Crippen molar-refractivity contribution in [1.82, 2.24) is 19.9 Å². The molecule has 0 spiro atoms. The lowest BCUT2D eigenvalue weighted by Gasteiger charge is -2.38. The van der Waals surface area contributed by atoms with Crippen molar-refractivity contribution in [1.29, 1.82) is 0 Å². The minimum Gasteiger partial charge on any atom is -0.380 e. The third-order valence-electron chi connectivity index (χ3n) is 3.12. The van der Waals surface area contributed by atoms with Crippen LogP contribution in [0.4, 0.5) is 0 Å². The SMILES string of the molecule is CC1(CNCc2nnc3ccccn23)COC1. The van der Waals surface area contributed by atoms with E-state index in [4.69, 9.17) is 4.74 Å². The molecule has 0 radical (unpaired) electrons. The van der Waals surface area contributed by atoms with Gasteiger partial charge in [-0.15, -0.1) is 10.2 Å². The average molecular weight is 232 g/mol. The standard InChI is InChI=1S/C12H16N4O/c1-12(8-17-9-12)7-13-6-11-15-14-10-4-2-3-5-16(10)11/h2-5,13H,6-9H2,1H3. The molecule has 90 valence electrons. The number of nitrogens with one attached hydrogen (secondary N) is 1. The number of hydrogen-bond acceptors (Lipinski definition) is 4. The molecule has 0 amide bonds. The van der Waals surface area contributed by atoms with Crippen molar-refractivity contribution in [2.45, 2.75) is 13.5 Å². The van der Waals surface area contributed by atoms with Crippen LogP contribution in [0.1, 0.15) is 12.7 Å².